The van der Waals surface area contributed by atoms with Crippen molar-refractivity contribution >= 4 is 22.8 Å². The van der Waals surface area contributed by atoms with E-state index in [9.17, 15) is 9.90 Å². The Labute approximate surface area is 185 Å². The summed E-state index contributed by atoms with van der Waals surface area (Å²) in [4.78, 5) is 14.9. The average molecular weight is 419 g/mol. The molecule has 164 valence electrons. The van der Waals surface area contributed by atoms with Crippen LogP contribution < -0.4 is 0 Å². The highest BCUT2D eigenvalue weighted by Crippen LogP contribution is 2.23. The Balaban J connectivity index is 1.78. The standard InChI is InChI=1S/C27H34N2O2/c1-4-16-28(17-5-2)19-24(30)20-29-18-23(25-8-6-7-9-26(25)29)14-15-27(31)22-12-10-21(3)11-13-22/h6-15,18,24,30H,4-5,16-17,19-20H2,1-3H3/b15-14+. The quantitative estimate of drug-likeness (QED) is 0.338. The molecule has 2 aromatic carbocycles. The van der Waals surface area contributed by atoms with Crippen LogP contribution in [-0.4, -0.2) is 46.1 Å². The number of aryl methyl sites for hydroxylation is 1. The highest BCUT2D eigenvalue weighted by Gasteiger charge is 2.14. The second-order valence-electron chi connectivity index (χ2n) is 8.27. The number of hydrogen-bond acceptors (Lipinski definition) is 3. The Kier molecular flexibility index (Phi) is 8.21. The van der Waals surface area contributed by atoms with Crippen molar-refractivity contribution in [1.29, 1.82) is 0 Å². The molecule has 0 spiro atoms. The van der Waals surface area contributed by atoms with E-state index >= 15 is 0 Å². The summed E-state index contributed by atoms with van der Waals surface area (Å²) in [6.07, 6.45) is 7.29. The molecule has 0 amide bonds. The fourth-order valence-corrected chi connectivity index (χ4v) is 4.05. The van der Waals surface area contributed by atoms with Crippen LogP contribution in [-0.2, 0) is 6.54 Å². The predicted octanol–water partition coefficient (Wildman–Crippen LogP) is 5.33. The van der Waals surface area contributed by atoms with Crippen molar-refractivity contribution < 1.29 is 9.90 Å². The zero-order chi connectivity index (χ0) is 22.2. The minimum Gasteiger partial charge on any atom is -0.390 e. The lowest BCUT2D eigenvalue weighted by atomic mass is 10.1. The lowest BCUT2D eigenvalue weighted by Crippen LogP contribution is -2.35. The molecule has 0 aliphatic carbocycles. The number of benzene rings is 2. The summed E-state index contributed by atoms with van der Waals surface area (Å²) in [6, 6.07) is 15.8. The second kappa shape index (κ2) is 11.1. The van der Waals surface area contributed by atoms with Crippen LogP contribution in [0.25, 0.3) is 17.0 Å². The molecule has 0 aliphatic heterocycles. The summed E-state index contributed by atoms with van der Waals surface area (Å²) in [6.45, 7) is 9.57. The van der Waals surface area contributed by atoms with E-state index in [-0.39, 0.29) is 5.78 Å². The largest absolute Gasteiger partial charge is 0.390 e. The van der Waals surface area contributed by atoms with Gasteiger partial charge in [-0.2, -0.15) is 0 Å². The number of aromatic nitrogens is 1. The Morgan fingerprint density at radius 2 is 1.74 bits per heavy atom. The van der Waals surface area contributed by atoms with Gasteiger partial charge in [-0.05, 0) is 51.1 Å². The Morgan fingerprint density at radius 3 is 2.42 bits per heavy atom. The highest BCUT2D eigenvalue weighted by atomic mass is 16.3. The summed E-state index contributed by atoms with van der Waals surface area (Å²) >= 11 is 0. The van der Waals surface area contributed by atoms with Crippen molar-refractivity contribution in [2.45, 2.75) is 46.3 Å². The van der Waals surface area contributed by atoms with Crippen LogP contribution in [0.15, 0.2) is 60.8 Å². The number of carbonyl (C=O) groups is 1. The minimum absolute atomic E-state index is 0.00774. The van der Waals surface area contributed by atoms with E-state index in [1.807, 2.05) is 55.6 Å². The number of nitrogens with zero attached hydrogens (tertiary/aromatic N) is 2. The first-order chi connectivity index (χ1) is 15.0. The van der Waals surface area contributed by atoms with Gasteiger partial charge >= 0.3 is 0 Å². The van der Waals surface area contributed by atoms with E-state index in [0.29, 0.717) is 18.7 Å². The van der Waals surface area contributed by atoms with Crippen molar-refractivity contribution in [3.63, 3.8) is 0 Å². The van der Waals surface area contributed by atoms with E-state index in [1.54, 1.807) is 6.08 Å². The molecule has 1 aromatic heterocycles. The van der Waals surface area contributed by atoms with Crippen molar-refractivity contribution in [2.75, 3.05) is 19.6 Å². The molecule has 1 N–H and O–H groups in total. The number of fused-ring (bicyclic) bond motifs is 1. The van der Waals surface area contributed by atoms with E-state index in [1.165, 1.54) is 0 Å². The summed E-state index contributed by atoms with van der Waals surface area (Å²) in [5.74, 6) is -0.00774. The summed E-state index contributed by atoms with van der Waals surface area (Å²) in [5, 5.41) is 11.8. The minimum atomic E-state index is -0.445. The Bertz CT molecular complexity index is 1010. The summed E-state index contributed by atoms with van der Waals surface area (Å²) in [5.41, 5.74) is 3.88. The number of carbonyl (C=O) groups excluding carboxylic acids is 1. The van der Waals surface area contributed by atoms with Crippen LogP contribution in [0.1, 0.15) is 48.2 Å². The van der Waals surface area contributed by atoms with Crippen molar-refractivity contribution in [1.82, 2.24) is 9.47 Å². The van der Waals surface area contributed by atoms with Crippen LogP contribution in [0.3, 0.4) is 0 Å². The average Bonchev–Trinajstić information content (AvgIpc) is 3.10. The molecule has 3 rings (SSSR count). The molecular weight excluding hydrogens is 384 g/mol. The normalized spacial score (nSPS) is 12.8. The van der Waals surface area contributed by atoms with Gasteiger partial charge in [0.2, 0.25) is 0 Å². The molecule has 0 aliphatic rings. The van der Waals surface area contributed by atoms with Crippen LogP contribution >= 0.6 is 0 Å². The third kappa shape index (κ3) is 6.16. The number of para-hydroxylation sites is 1. The maximum atomic E-state index is 12.6. The maximum Gasteiger partial charge on any atom is 0.185 e. The lowest BCUT2D eigenvalue weighted by molar-refractivity contribution is 0.0988. The zero-order valence-electron chi connectivity index (χ0n) is 18.9. The number of allylic oxidation sites excluding steroid dienone is 1. The van der Waals surface area contributed by atoms with Gasteiger partial charge in [0.25, 0.3) is 0 Å². The topological polar surface area (TPSA) is 45.5 Å². The van der Waals surface area contributed by atoms with E-state index in [0.717, 1.165) is 48.0 Å². The highest BCUT2D eigenvalue weighted by molar-refractivity contribution is 6.07. The van der Waals surface area contributed by atoms with E-state index in [4.69, 9.17) is 0 Å². The number of rotatable bonds is 11. The van der Waals surface area contributed by atoms with E-state index < -0.39 is 6.10 Å². The van der Waals surface area contributed by atoms with Gasteiger partial charge in [-0.3, -0.25) is 4.79 Å². The maximum absolute atomic E-state index is 12.6. The molecule has 1 heterocycles. The molecule has 31 heavy (non-hydrogen) atoms. The van der Waals surface area contributed by atoms with Crippen LogP contribution in [0.5, 0.6) is 0 Å². The van der Waals surface area contributed by atoms with Gasteiger partial charge in [-0.25, -0.2) is 0 Å². The monoisotopic (exact) mass is 418 g/mol. The van der Waals surface area contributed by atoms with Gasteiger partial charge in [0, 0.05) is 41.3 Å². The SMILES string of the molecule is CCCN(CCC)CC(O)Cn1cc(/C=C/C(=O)c2ccc(C)cc2)c2ccccc21. The first kappa shape index (κ1) is 23.0. The van der Waals surface area contributed by atoms with Crippen LogP contribution in [0, 0.1) is 6.92 Å². The van der Waals surface area contributed by atoms with Gasteiger partial charge in [0.05, 0.1) is 6.10 Å². The molecular formula is C27H34N2O2. The fraction of sp³-hybridized carbons (Fsp3) is 0.370. The molecule has 3 aromatic rings. The third-order valence-electron chi connectivity index (χ3n) is 5.53. The van der Waals surface area contributed by atoms with Gasteiger partial charge in [0.1, 0.15) is 0 Å². The predicted molar refractivity (Wildman–Crippen MR) is 130 cm³/mol. The van der Waals surface area contributed by atoms with Gasteiger partial charge in [-0.1, -0.05) is 61.9 Å². The second-order valence-corrected chi connectivity index (χ2v) is 8.27. The molecule has 0 bridgehead atoms. The van der Waals surface area contributed by atoms with Crippen LogP contribution in [0.4, 0.5) is 0 Å². The summed E-state index contributed by atoms with van der Waals surface area (Å²) < 4.78 is 2.10. The van der Waals surface area contributed by atoms with Gasteiger partial charge in [-0.15, -0.1) is 0 Å². The molecule has 4 nitrogen and oxygen atoms in total. The molecule has 4 heteroatoms. The van der Waals surface area contributed by atoms with E-state index in [2.05, 4.69) is 35.4 Å². The number of aliphatic hydroxyl groups excluding tert-OH is 1. The molecule has 1 unspecified atom stereocenters. The van der Waals surface area contributed by atoms with Gasteiger partial charge < -0.3 is 14.6 Å². The smallest absolute Gasteiger partial charge is 0.185 e. The molecule has 0 fully saturated rings. The first-order valence-electron chi connectivity index (χ1n) is 11.3. The molecule has 0 radical (unpaired) electrons. The van der Waals surface area contributed by atoms with Crippen molar-refractivity contribution in [3.8, 4) is 0 Å². The fourth-order valence-electron chi connectivity index (χ4n) is 4.05. The number of ketones is 1. The molecule has 1 atom stereocenters. The number of aliphatic hydroxyl groups is 1. The Hall–Kier alpha value is -2.69. The van der Waals surface area contributed by atoms with Crippen molar-refractivity contribution in [2.24, 2.45) is 0 Å². The zero-order valence-corrected chi connectivity index (χ0v) is 18.9. The summed E-state index contributed by atoms with van der Waals surface area (Å²) in [7, 11) is 0. The van der Waals surface area contributed by atoms with Crippen molar-refractivity contribution in [3.05, 3.63) is 77.5 Å². The molecule has 0 saturated carbocycles. The Morgan fingerprint density at radius 1 is 1.06 bits per heavy atom. The third-order valence-corrected chi connectivity index (χ3v) is 5.53. The first-order valence-corrected chi connectivity index (χ1v) is 11.3. The number of hydrogen-bond donors (Lipinski definition) is 1. The molecule has 0 saturated heterocycles. The van der Waals surface area contributed by atoms with Crippen LogP contribution in [0.2, 0.25) is 0 Å². The van der Waals surface area contributed by atoms with Gasteiger partial charge in [0.15, 0.2) is 5.78 Å². The lowest BCUT2D eigenvalue weighted by Gasteiger charge is -2.24.